The maximum atomic E-state index is 5.63. The zero-order valence-corrected chi connectivity index (χ0v) is 9.82. The van der Waals surface area contributed by atoms with Gasteiger partial charge in [-0.05, 0) is 41.7 Å². The number of nitrogens with two attached hydrogens (primary N) is 1. The van der Waals surface area contributed by atoms with Crippen molar-refractivity contribution in [3.8, 4) is 0 Å². The van der Waals surface area contributed by atoms with Gasteiger partial charge < -0.3 is 0 Å². The highest BCUT2D eigenvalue weighted by Gasteiger charge is 2.50. The van der Waals surface area contributed by atoms with Crippen LogP contribution in [0, 0.1) is 18.3 Å². The molecule has 1 aliphatic rings. The van der Waals surface area contributed by atoms with Crippen molar-refractivity contribution >= 4 is 11.3 Å². The summed E-state index contributed by atoms with van der Waals surface area (Å²) in [7, 11) is 0. The molecule has 1 heterocycles. The number of hydrazine groups is 1. The molecular formula is C11H18N2S. The van der Waals surface area contributed by atoms with Gasteiger partial charge in [0.25, 0.3) is 0 Å². The lowest BCUT2D eigenvalue weighted by atomic mass is 10.00. The van der Waals surface area contributed by atoms with Crippen LogP contribution in [0.4, 0.5) is 0 Å². The average Bonchev–Trinajstić information content (AvgIpc) is 2.56. The van der Waals surface area contributed by atoms with Crippen LogP contribution in [0.15, 0.2) is 11.4 Å². The molecule has 0 amide bonds. The fourth-order valence-corrected chi connectivity index (χ4v) is 2.89. The number of hydrogen-bond donors (Lipinski definition) is 2. The van der Waals surface area contributed by atoms with Crippen LogP contribution in [0.2, 0.25) is 0 Å². The molecule has 1 saturated carbocycles. The van der Waals surface area contributed by atoms with Crippen molar-refractivity contribution in [2.24, 2.45) is 17.2 Å². The van der Waals surface area contributed by atoms with Crippen molar-refractivity contribution in [2.75, 3.05) is 0 Å². The molecule has 0 bridgehead atoms. The lowest BCUT2D eigenvalue weighted by molar-refractivity contribution is 0.424. The summed E-state index contributed by atoms with van der Waals surface area (Å²) in [5.74, 6) is 6.33. The fraction of sp³-hybridized carbons (Fsp3) is 0.636. The topological polar surface area (TPSA) is 38.0 Å². The summed E-state index contributed by atoms with van der Waals surface area (Å²) in [6.45, 7) is 6.75. The van der Waals surface area contributed by atoms with Crippen molar-refractivity contribution in [3.63, 3.8) is 0 Å². The molecule has 2 rings (SSSR count). The van der Waals surface area contributed by atoms with Gasteiger partial charge in [-0.1, -0.05) is 13.8 Å². The van der Waals surface area contributed by atoms with E-state index in [0.717, 1.165) is 0 Å². The Morgan fingerprint density at radius 2 is 2.29 bits per heavy atom. The molecule has 14 heavy (non-hydrogen) atoms. The highest BCUT2D eigenvalue weighted by atomic mass is 32.1. The Morgan fingerprint density at radius 1 is 1.64 bits per heavy atom. The van der Waals surface area contributed by atoms with Gasteiger partial charge in [-0.25, -0.2) is 0 Å². The van der Waals surface area contributed by atoms with Gasteiger partial charge in [0.2, 0.25) is 0 Å². The third-order valence-electron chi connectivity index (χ3n) is 3.28. The molecule has 0 saturated heterocycles. The molecule has 3 heteroatoms. The molecule has 1 aromatic heterocycles. The second-order valence-corrected chi connectivity index (χ2v) is 6.05. The Kier molecular flexibility index (Phi) is 2.41. The van der Waals surface area contributed by atoms with Gasteiger partial charge in [-0.2, -0.15) is 0 Å². The van der Waals surface area contributed by atoms with Crippen LogP contribution in [-0.4, -0.2) is 0 Å². The number of rotatable bonds is 3. The Balaban J connectivity index is 2.15. The summed E-state index contributed by atoms with van der Waals surface area (Å²) in [4.78, 5) is 1.36. The standard InChI is InChI=1S/C11H18N2S/c1-7-4-8(6-14-7)10(13-12)9-5-11(9,2)3/h4,6,9-10,13H,5,12H2,1-3H3. The van der Waals surface area contributed by atoms with Crippen molar-refractivity contribution in [1.29, 1.82) is 0 Å². The predicted molar refractivity (Wildman–Crippen MR) is 61.0 cm³/mol. The van der Waals surface area contributed by atoms with E-state index in [1.54, 1.807) is 11.3 Å². The van der Waals surface area contributed by atoms with E-state index in [4.69, 9.17) is 5.84 Å². The molecule has 1 aromatic rings. The first kappa shape index (κ1) is 10.1. The van der Waals surface area contributed by atoms with E-state index in [1.165, 1.54) is 16.9 Å². The fourth-order valence-electron chi connectivity index (χ4n) is 2.15. The van der Waals surface area contributed by atoms with E-state index in [9.17, 15) is 0 Å². The molecule has 1 aliphatic carbocycles. The minimum absolute atomic E-state index is 0.343. The molecule has 0 aromatic carbocycles. The number of nitrogens with one attached hydrogen (secondary N) is 1. The normalized spacial score (nSPS) is 26.1. The zero-order chi connectivity index (χ0) is 10.3. The zero-order valence-electron chi connectivity index (χ0n) is 9.00. The Labute approximate surface area is 89.5 Å². The van der Waals surface area contributed by atoms with Gasteiger partial charge in [0, 0.05) is 4.88 Å². The first-order valence-electron chi connectivity index (χ1n) is 5.06. The van der Waals surface area contributed by atoms with Gasteiger partial charge in [0.05, 0.1) is 6.04 Å². The lowest BCUT2D eigenvalue weighted by Crippen LogP contribution is -2.30. The van der Waals surface area contributed by atoms with Gasteiger partial charge in [-0.15, -0.1) is 11.3 Å². The summed E-state index contributed by atoms with van der Waals surface area (Å²) < 4.78 is 0. The van der Waals surface area contributed by atoms with E-state index in [0.29, 0.717) is 17.4 Å². The molecule has 0 radical (unpaired) electrons. The largest absolute Gasteiger partial charge is 0.271 e. The van der Waals surface area contributed by atoms with Crippen molar-refractivity contribution in [3.05, 3.63) is 21.9 Å². The number of hydrogen-bond acceptors (Lipinski definition) is 3. The van der Waals surface area contributed by atoms with Crippen molar-refractivity contribution in [1.82, 2.24) is 5.43 Å². The van der Waals surface area contributed by atoms with Gasteiger partial charge >= 0.3 is 0 Å². The van der Waals surface area contributed by atoms with E-state index in [1.807, 2.05) is 0 Å². The highest BCUT2D eigenvalue weighted by molar-refractivity contribution is 7.10. The van der Waals surface area contributed by atoms with E-state index in [-0.39, 0.29) is 0 Å². The second-order valence-electron chi connectivity index (χ2n) is 4.93. The summed E-state index contributed by atoms with van der Waals surface area (Å²) >= 11 is 1.80. The van der Waals surface area contributed by atoms with Crippen LogP contribution in [0.5, 0.6) is 0 Å². The maximum absolute atomic E-state index is 5.63. The quantitative estimate of drug-likeness (QED) is 0.594. The van der Waals surface area contributed by atoms with Crippen LogP contribution < -0.4 is 11.3 Å². The molecule has 0 aliphatic heterocycles. The minimum atomic E-state index is 0.343. The second kappa shape index (κ2) is 3.33. The smallest absolute Gasteiger partial charge is 0.0501 e. The Hall–Kier alpha value is -0.380. The molecule has 0 spiro atoms. The van der Waals surface area contributed by atoms with Gasteiger partial charge in [-0.3, -0.25) is 11.3 Å². The molecule has 3 N–H and O–H groups in total. The van der Waals surface area contributed by atoms with Crippen LogP contribution in [0.1, 0.15) is 36.8 Å². The predicted octanol–water partition coefficient (Wildman–Crippen LogP) is 2.61. The molecule has 78 valence electrons. The van der Waals surface area contributed by atoms with Crippen molar-refractivity contribution < 1.29 is 0 Å². The van der Waals surface area contributed by atoms with Crippen molar-refractivity contribution in [2.45, 2.75) is 33.2 Å². The summed E-state index contributed by atoms with van der Waals surface area (Å²) in [6.07, 6.45) is 1.27. The Bertz CT molecular complexity index is 330. The first-order chi connectivity index (χ1) is 6.54. The van der Waals surface area contributed by atoms with E-state index >= 15 is 0 Å². The number of aryl methyl sites for hydroxylation is 1. The summed E-state index contributed by atoms with van der Waals surface area (Å²) in [6, 6.07) is 2.58. The molecule has 2 atom stereocenters. The van der Waals surface area contributed by atoms with E-state index in [2.05, 4.69) is 37.6 Å². The molecule has 2 nitrogen and oxygen atoms in total. The Morgan fingerprint density at radius 3 is 2.64 bits per heavy atom. The first-order valence-corrected chi connectivity index (χ1v) is 5.94. The highest BCUT2D eigenvalue weighted by Crippen LogP contribution is 2.57. The molecular weight excluding hydrogens is 192 g/mol. The third kappa shape index (κ3) is 1.72. The molecule has 1 fully saturated rings. The van der Waals surface area contributed by atoms with Gasteiger partial charge in [0.15, 0.2) is 0 Å². The summed E-state index contributed by atoms with van der Waals surface area (Å²) in [5, 5.41) is 2.22. The van der Waals surface area contributed by atoms with Crippen LogP contribution in [0.25, 0.3) is 0 Å². The van der Waals surface area contributed by atoms with Crippen LogP contribution in [0.3, 0.4) is 0 Å². The third-order valence-corrected chi connectivity index (χ3v) is 4.16. The van der Waals surface area contributed by atoms with E-state index < -0.39 is 0 Å². The average molecular weight is 210 g/mol. The van der Waals surface area contributed by atoms with Gasteiger partial charge in [0.1, 0.15) is 0 Å². The van der Waals surface area contributed by atoms with Crippen LogP contribution in [-0.2, 0) is 0 Å². The lowest BCUT2D eigenvalue weighted by Gasteiger charge is -2.16. The SMILES string of the molecule is Cc1cc(C(NN)C2CC2(C)C)cs1. The minimum Gasteiger partial charge on any atom is -0.271 e. The maximum Gasteiger partial charge on any atom is 0.0501 e. The monoisotopic (exact) mass is 210 g/mol. The summed E-state index contributed by atoms with van der Waals surface area (Å²) in [5.41, 5.74) is 4.77. The molecule has 2 unspecified atom stereocenters. The number of thiophene rings is 1. The van der Waals surface area contributed by atoms with Crippen LogP contribution >= 0.6 is 11.3 Å².